The van der Waals surface area contributed by atoms with Gasteiger partial charge in [-0.2, -0.15) is 0 Å². The number of rotatable bonds is 2. The Hall–Kier alpha value is -1.91. The molecular formula is C20H26N2O3. The van der Waals surface area contributed by atoms with Crippen LogP contribution < -0.4 is 0 Å². The second kappa shape index (κ2) is 5.55. The number of aryl methyl sites for hydroxylation is 3. The van der Waals surface area contributed by atoms with Gasteiger partial charge in [0.05, 0.1) is 5.54 Å². The topological polar surface area (TPSA) is 63.5 Å². The summed E-state index contributed by atoms with van der Waals surface area (Å²) in [5.41, 5.74) is 4.85. The first-order valence-electron chi connectivity index (χ1n) is 9.37. The molecule has 1 saturated carbocycles. The SMILES string of the molecule is Cc1cc2c(cc1C)[C@@]13C[C@H](C)[C@@H](C[N+](=O)[O-])C1CC(=O)N3CCC2. The first kappa shape index (κ1) is 16.6. The molecule has 1 aromatic rings. The molecule has 1 saturated heterocycles. The molecule has 4 rings (SSSR count). The first-order chi connectivity index (χ1) is 11.8. The molecule has 2 fully saturated rings. The predicted molar refractivity (Wildman–Crippen MR) is 94.9 cm³/mol. The van der Waals surface area contributed by atoms with E-state index in [0.717, 1.165) is 25.8 Å². The van der Waals surface area contributed by atoms with E-state index in [1.165, 1.54) is 22.3 Å². The first-order valence-corrected chi connectivity index (χ1v) is 9.37. The van der Waals surface area contributed by atoms with Crippen molar-refractivity contribution < 1.29 is 9.72 Å². The lowest BCUT2D eigenvalue weighted by Crippen LogP contribution is -2.45. The summed E-state index contributed by atoms with van der Waals surface area (Å²) in [7, 11) is 0. The molecule has 1 amide bonds. The Morgan fingerprint density at radius 1 is 1.32 bits per heavy atom. The van der Waals surface area contributed by atoms with Gasteiger partial charge < -0.3 is 4.90 Å². The Kier molecular flexibility index (Phi) is 3.67. The van der Waals surface area contributed by atoms with Gasteiger partial charge in [-0.05, 0) is 61.3 Å². The third kappa shape index (κ3) is 2.24. The highest BCUT2D eigenvalue weighted by Gasteiger charge is 2.63. The number of fused-ring (bicyclic) bond motifs is 1. The zero-order valence-corrected chi connectivity index (χ0v) is 15.2. The average molecular weight is 342 g/mol. The molecule has 134 valence electrons. The summed E-state index contributed by atoms with van der Waals surface area (Å²) >= 11 is 0. The summed E-state index contributed by atoms with van der Waals surface area (Å²) in [5.74, 6) is 0.505. The van der Waals surface area contributed by atoms with Crippen molar-refractivity contribution in [1.82, 2.24) is 4.90 Å². The number of hydrogen-bond donors (Lipinski definition) is 0. The minimum absolute atomic E-state index is 0.0171. The maximum absolute atomic E-state index is 12.8. The van der Waals surface area contributed by atoms with Crippen LogP contribution in [0.2, 0.25) is 0 Å². The fraction of sp³-hybridized carbons (Fsp3) is 0.650. The van der Waals surface area contributed by atoms with Crippen LogP contribution in [0.3, 0.4) is 0 Å². The Labute approximate surface area is 148 Å². The van der Waals surface area contributed by atoms with Gasteiger partial charge in [-0.3, -0.25) is 14.9 Å². The van der Waals surface area contributed by atoms with E-state index in [1.54, 1.807) is 0 Å². The largest absolute Gasteiger partial charge is 0.333 e. The Morgan fingerprint density at radius 3 is 2.76 bits per heavy atom. The minimum Gasteiger partial charge on any atom is -0.333 e. The van der Waals surface area contributed by atoms with E-state index in [4.69, 9.17) is 0 Å². The number of carbonyl (C=O) groups is 1. The van der Waals surface area contributed by atoms with Crippen LogP contribution in [0, 0.1) is 41.7 Å². The van der Waals surface area contributed by atoms with Crippen LogP contribution in [-0.4, -0.2) is 28.8 Å². The van der Waals surface area contributed by atoms with Crippen molar-refractivity contribution >= 4 is 5.91 Å². The molecule has 0 aromatic heterocycles. The van der Waals surface area contributed by atoms with Crippen molar-refractivity contribution in [3.63, 3.8) is 0 Å². The van der Waals surface area contributed by atoms with Gasteiger partial charge >= 0.3 is 0 Å². The number of carbonyl (C=O) groups excluding carboxylic acids is 1. The molecule has 3 aliphatic rings. The summed E-state index contributed by atoms with van der Waals surface area (Å²) in [5, 5.41) is 11.2. The van der Waals surface area contributed by atoms with Crippen molar-refractivity contribution in [3.05, 3.63) is 44.5 Å². The summed E-state index contributed by atoms with van der Waals surface area (Å²) in [6.45, 7) is 7.16. The van der Waals surface area contributed by atoms with Crippen molar-refractivity contribution in [2.24, 2.45) is 17.8 Å². The van der Waals surface area contributed by atoms with Crippen LogP contribution in [0.25, 0.3) is 0 Å². The van der Waals surface area contributed by atoms with Crippen LogP contribution in [0.5, 0.6) is 0 Å². The van der Waals surface area contributed by atoms with E-state index in [1.807, 2.05) is 0 Å². The lowest BCUT2D eigenvalue weighted by Gasteiger charge is -2.39. The zero-order chi connectivity index (χ0) is 17.9. The van der Waals surface area contributed by atoms with Gasteiger partial charge in [0.25, 0.3) is 0 Å². The van der Waals surface area contributed by atoms with Crippen LogP contribution in [0.1, 0.15) is 48.4 Å². The van der Waals surface area contributed by atoms with Crippen LogP contribution >= 0.6 is 0 Å². The third-order valence-electron chi connectivity index (χ3n) is 7.05. The van der Waals surface area contributed by atoms with Crippen molar-refractivity contribution in [2.45, 2.75) is 52.0 Å². The molecule has 2 heterocycles. The second-order valence-corrected chi connectivity index (χ2v) is 8.34. The van der Waals surface area contributed by atoms with Crippen molar-refractivity contribution in [1.29, 1.82) is 0 Å². The van der Waals surface area contributed by atoms with E-state index < -0.39 is 0 Å². The summed E-state index contributed by atoms with van der Waals surface area (Å²) in [4.78, 5) is 26.0. The molecular weight excluding hydrogens is 316 g/mol. The lowest BCUT2D eigenvalue weighted by molar-refractivity contribution is -0.491. The maximum Gasteiger partial charge on any atom is 0.223 e. The van der Waals surface area contributed by atoms with Crippen LogP contribution in [-0.2, 0) is 16.8 Å². The fourth-order valence-electron chi connectivity index (χ4n) is 5.87. The smallest absolute Gasteiger partial charge is 0.223 e. The average Bonchev–Trinajstić information content (AvgIpc) is 2.88. The molecule has 25 heavy (non-hydrogen) atoms. The molecule has 0 bridgehead atoms. The van der Waals surface area contributed by atoms with Gasteiger partial charge in [-0.25, -0.2) is 0 Å². The number of nitro groups is 1. The fourth-order valence-corrected chi connectivity index (χ4v) is 5.87. The molecule has 5 nitrogen and oxygen atoms in total. The van der Waals surface area contributed by atoms with Gasteiger partial charge in [0.1, 0.15) is 0 Å². The number of benzene rings is 1. The van der Waals surface area contributed by atoms with E-state index in [0.29, 0.717) is 6.42 Å². The van der Waals surface area contributed by atoms with Crippen LogP contribution in [0.15, 0.2) is 12.1 Å². The van der Waals surface area contributed by atoms with Gasteiger partial charge in [0, 0.05) is 29.7 Å². The van der Waals surface area contributed by atoms with Crippen molar-refractivity contribution in [3.8, 4) is 0 Å². The van der Waals surface area contributed by atoms with Crippen molar-refractivity contribution in [2.75, 3.05) is 13.1 Å². The van der Waals surface area contributed by atoms with Gasteiger partial charge in [-0.15, -0.1) is 0 Å². The quantitative estimate of drug-likeness (QED) is 0.612. The van der Waals surface area contributed by atoms with E-state index in [2.05, 4.69) is 37.8 Å². The lowest BCUT2D eigenvalue weighted by atomic mass is 9.76. The van der Waals surface area contributed by atoms with Crippen LogP contribution in [0.4, 0.5) is 0 Å². The highest BCUT2D eigenvalue weighted by Crippen LogP contribution is 2.60. The monoisotopic (exact) mass is 342 g/mol. The van der Waals surface area contributed by atoms with Gasteiger partial charge in [0.15, 0.2) is 0 Å². The standard InChI is InChI=1S/C20H26N2O3/c1-12-7-15-5-4-6-21-19(23)9-18-16(11-22(24)25)14(3)10-20(18,21)17(15)8-13(12)2/h7-8,14,16,18H,4-6,9-11H2,1-3H3/t14-,16+,18?,20-/m0/s1. The third-order valence-corrected chi connectivity index (χ3v) is 7.05. The minimum atomic E-state index is -0.318. The molecule has 5 heteroatoms. The number of hydrogen-bond acceptors (Lipinski definition) is 3. The summed E-state index contributed by atoms with van der Waals surface area (Å²) < 4.78 is 0. The second-order valence-electron chi connectivity index (χ2n) is 8.34. The van der Waals surface area contributed by atoms with Gasteiger partial charge in [0.2, 0.25) is 12.5 Å². The zero-order valence-electron chi connectivity index (χ0n) is 15.2. The normalized spacial score (nSPS) is 33.6. The summed E-state index contributed by atoms with van der Waals surface area (Å²) in [6.07, 6.45) is 3.29. The maximum atomic E-state index is 12.8. The molecule has 0 radical (unpaired) electrons. The Bertz CT molecular complexity index is 760. The predicted octanol–water partition coefficient (Wildman–Crippen LogP) is 3.23. The number of amides is 1. The molecule has 4 atom stereocenters. The molecule has 1 aliphatic carbocycles. The van der Waals surface area contributed by atoms with E-state index in [9.17, 15) is 14.9 Å². The molecule has 1 aromatic carbocycles. The Balaban J connectivity index is 1.91. The Morgan fingerprint density at radius 2 is 2.04 bits per heavy atom. The van der Waals surface area contributed by atoms with E-state index >= 15 is 0 Å². The molecule has 0 N–H and O–H groups in total. The van der Waals surface area contributed by atoms with Gasteiger partial charge in [-0.1, -0.05) is 19.1 Å². The highest BCUT2D eigenvalue weighted by molar-refractivity contribution is 5.81. The molecule has 1 unspecified atom stereocenters. The summed E-state index contributed by atoms with van der Waals surface area (Å²) in [6, 6.07) is 4.56. The highest BCUT2D eigenvalue weighted by atomic mass is 16.6. The van der Waals surface area contributed by atoms with E-state index in [-0.39, 0.29) is 40.7 Å². The molecule has 2 aliphatic heterocycles. The number of nitrogens with zero attached hydrogens (tertiary/aromatic N) is 2. The molecule has 1 spiro atoms.